The maximum atomic E-state index is 9.94. The lowest BCUT2D eigenvalue weighted by molar-refractivity contribution is -0.114. The molecule has 0 aliphatic heterocycles. The molecule has 3 nitrogen and oxygen atoms in total. The van der Waals surface area contributed by atoms with Crippen LogP contribution in [0.3, 0.4) is 0 Å². The lowest BCUT2D eigenvalue weighted by Crippen LogP contribution is -2.10. The van der Waals surface area contributed by atoms with Gasteiger partial charge in [0.1, 0.15) is 0 Å². The Hall–Kier alpha value is -1.64. The highest BCUT2D eigenvalue weighted by Gasteiger charge is 1.86. The zero-order valence-electron chi connectivity index (χ0n) is 7.17. The van der Waals surface area contributed by atoms with Crippen molar-refractivity contribution in [2.24, 2.45) is 5.73 Å². The van der Waals surface area contributed by atoms with Gasteiger partial charge in [0.05, 0.1) is 0 Å². The maximum absolute atomic E-state index is 9.94. The molecule has 0 aromatic rings. The topological polar surface area (TPSA) is 60.2 Å². The second kappa shape index (κ2) is 7.47. The summed E-state index contributed by atoms with van der Waals surface area (Å²) in [4.78, 5) is 19.8. The molecule has 0 heterocycles. The Morgan fingerprint density at radius 2 is 1.50 bits per heavy atom. The molecule has 0 aromatic carbocycles. The Bertz CT molecular complexity index is 195. The van der Waals surface area contributed by atoms with Crippen LogP contribution < -0.4 is 5.73 Å². The van der Waals surface area contributed by atoms with Gasteiger partial charge in [-0.2, -0.15) is 0 Å². The predicted octanol–water partition coefficient (Wildman–Crippen LogP) is 0.975. The summed E-state index contributed by atoms with van der Waals surface area (Å²) in [5, 5.41) is 0. The monoisotopic (exact) mass is 167 g/mol. The molecule has 1 amide bonds. The van der Waals surface area contributed by atoms with Gasteiger partial charge < -0.3 is 5.73 Å². The smallest absolute Gasteiger partial charge is 0.243 e. The van der Waals surface area contributed by atoms with E-state index in [-0.39, 0.29) is 5.78 Å². The largest absolute Gasteiger partial charge is 0.366 e. The normalized spacial score (nSPS) is 7.08. The summed E-state index contributed by atoms with van der Waals surface area (Å²) >= 11 is 0. The van der Waals surface area contributed by atoms with Crippen LogP contribution in [0.15, 0.2) is 37.5 Å². The van der Waals surface area contributed by atoms with Crippen LogP contribution in [0.25, 0.3) is 0 Å². The maximum Gasteiger partial charge on any atom is 0.243 e. The fraction of sp³-hybridized carbons (Fsp3) is 0.111. The number of allylic oxidation sites excluding steroid dienone is 2. The van der Waals surface area contributed by atoms with Crippen molar-refractivity contribution in [3.8, 4) is 0 Å². The molecule has 3 heteroatoms. The summed E-state index contributed by atoms with van der Waals surface area (Å²) in [6.07, 6.45) is 2.43. The van der Waals surface area contributed by atoms with Gasteiger partial charge in [-0.05, 0) is 19.1 Å². The zero-order chi connectivity index (χ0) is 10.1. The first-order chi connectivity index (χ1) is 5.45. The molecule has 12 heavy (non-hydrogen) atoms. The standard InChI is InChI=1S/C5H6O.C4H7NO/c1-3-5(6)4-2;1-3(2)4(5)6/h3-4H,1-2H2;1H2,2H3,(H2,5,6). The highest BCUT2D eigenvalue weighted by molar-refractivity contribution is 5.98. The first-order valence-electron chi connectivity index (χ1n) is 3.19. The number of hydrogen-bond acceptors (Lipinski definition) is 2. The molecular weight excluding hydrogens is 154 g/mol. The third-order valence-corrected chi connectivity index (χ3v) is 0.823. The van der Waals surface area contributed by atoms with E-state index in [0.29, 0.717) is 5.57 Å². The van der Waals surface area contributed by atoms with Gasteiger partial charge >= 0.3 is 0 Å². The van der Waals surface area contributed by atoms with Gasteiger partial charge in [0.15, 0.2) is 5.78 Å². The first kappa shape index (κ1) is 13.0. The van der Waals surface area contributed by atoms with E-state index in [9.17, 15) is 9.59 Å². The van der Waals surface area contributed by atoms with E-state index < -0.39 is 5.91 Å². The molecule has 0 aliphatic carbocycles. The predicted molar refractivity (Wildman–Crippen MR) is 49.4 cm³/mol. The third-order valence-electron chi connectivity index (χ3n) is 0.823. The van der Waals surface area contributed by atoms with E-state index in [0.717, 1.165) is 0 Å². The highest BCUT2D eigenvalue weighted by Crippen LogP contribution is 1.78. The van der Waals surface area contributed by atoms with Crippen molar-refractivity contribution in [2.75, 3.05) is 0 Å². The van der Waals surface area contributed by atoms with Crippen molar-refractivity contribution in [2.45, 2.75) is 6.92 Å². The Kier molecular flexibility index (Phi) is 8.08. The molecule has 0 radical (unpaired) electrons. The number of hydrogen-bond donors (Lipinski definition) is 1. The Morgan fingerprint density at radius 3 is 1.50 bits per heavy atom. The van der Waals surface area contributed by atoms with E-state index in [1.165, 1.54) is 12.2 Å². The molecule has 0 spiro atoms. The van der Waals surface area contributed by atoms with Crippen LogP contribution in [0, 0.1) is 0 Å². The summed E-state index contributed by atoms with van der Waals surface area (Å²) in [5.41, 5.74) is 5.09. The fourth-order valence-electron chi connectivity index (χ4n) is 0.0833. The average molecular weight is 167 g/mol. The lowest BCUT2D eigenvalue weighted by Gasteiger charge is -1.81. The molecule has 0 aliphatic rings. The number of ketones is 1. The second-order valence-electron chi connectivity index (χ2n) is 1.96. The van der Waals surface area contributed by atoms with Crippen LogP contribution in [-0.4, -0.2) is 11.7 Å². The van der Waals surface area contributed by atoms with Crippen LogP contribution >= 0.6 is 0 Å². The fourth-order valence-corrected chi connectivity index (χ4v) is 0.0833. The summed E-state index contributed by atoms with van der Waals surface area (Å²) in [5.74, 6) is -0.565. The number of amides is 1. The quantitative estimate of drug-likeness (QED) is 0.637. The molecule has 0 atom stereocenters. The van der Waals surface area contributed by atoms with Crippen molar-refractivity contribution < 1.29 is 9.59 Å². The van der Waals surface area contributed by atoms with Gasteiger partial charge in [0.25, 0.3) is 0 Å². The zero-order valence-corrected chi connectivity index (χ0v) is 7.17. The van der Waals surface area contributed by atoms with Gasteiger partial charge in [-0.1, -0.05) is 19.7 Å². The molecule has 0 bridgehead atoms. The SMILES string of the molecule is C=C(C)C(N)=O.C=CC(=O)C=C. The van der Waals surface area contributed by atoms with Crippen LogP contribution in [0.5, 0.6) is 0 Å². The minimum Gasteiger partial charge on any atom is -0.366 e. The molecular formula is C9H13NO2. The van der Waals surface area contributed by atoms with Gasteiger partial charge in [0, 0.05) is 5.57 Å². The Labute approximate surface area is 72.3 Å². The van der Waals surface area contributed by atoms with Gasteiger partial charge in [-0.25, -0.2) is 0 Å². The summed E-state index contributed by atoms with van der Waals surface area (Å²) in [7, 11) is 0. The highest BCUT2D eigenvalue weighted by atomic mass is 16.1. The summed E-state index contributed by atoms with van der Waals surface area (Å²) < 4.78 is 0. The van der Waals surface area contributed by atoms with E-state index in [4.69, 9.17) is 5.73 Å². The molecule has 0 unspecified atom stereocenters. The van der Waals surface area contributed by atoms with Crippen LogP contribution in [-0.2, 0) is 9.59 Å². The van der Waals surface area contributed by atoms with Crippen molar-refractivity contribution >= 4 is 11.7 Å². The number of carbonyl (C=O) groups excluding carboxylic acids is 2. The van der Waals surface area contributed by atoms with Crippen molar-refractivity contribution in [3.63, 3.8) is 0 Å². The number of primary amides is 1. The molecule has 0 saturated heterocycles. The third kappa shape index (κ3) is 11.2. The minimum atomic E-state index is -0.435. The molecule has 0 rings (SSSR count). The van der Waals surface area contributed by atoms with Crippen molar-refractivity contribution in [1.82, 2.24) is 0 Å². The summed E-state index contributed by atoms with van der Waals surface area (Å²) in [6, 6.07) is 0. The molecule has 0 fully saturated rings. The van der Waals surface area contributed by atoms with Crippen molar-refractivity contribution in [3.05, 3.63) is 37.5 Å². The Balaban J connectivity index is 0. The molecule has 2 N–H and O–H groups in total. The van der Waals surface area contributed by atoms with Gasteiger partial charge in [-0.15, -0.1) is 0 Å². The van der Waals surface area contributed by atoms with E-state index in [1.54, 1.807) is 6.92 Å². The lowest BCUT2D eigenvalue weighted by atomic mass is 10.3. The number of nitrogens with two attached hydrogens (primary N) is 1. The van der Waals surface area contributed by atoms with Crippen LogP contribution in [0.1, 0.15) is 6.92 Å². The average Bonchev–Trinajstić information content (AvgIpc) is 2.04. The van der Waals surface area contributed by atoms with Crippen molar-refractivity contribution in [1.29, 1.82) is 0 Å². The van der Waals surface area contributed by atoms with E-state index in [1.807, 2.05) is 0 Å². The Morgan fingerprint density at radius 1 is 1.25 bits per heavy atom. The van der Waals surface area contributed by atoms with Crippen LogP contribution in [0.4, 0.5) is 0 Å². The van der Waals surface area contributed by atoms with Gasteiger partial charge in [0.2, 0.25) is 5.91 Å². The van der Waals surface area contributed by atoms with E-state index in [2.05, 4.69) is 19.7 Å². The number of rotatable bonds is 3. The summed E-state index contributed by atoms with van der Waals surface area (Å²) in [6.45, 7) is 11.3. The molecule has 0 aromatic heterocycles. The first-order valence-corrected chi connectivity index (χ1v) is 3.19. The minimum absolute atomic E-state index is 0.130. The molecule has 0 saturated carbocycles. The second-order valence-corrected chi connectivity index (χ2v) is 1.96. The van der Waals surface area contributed by atoms with E-state index >= 15 is 0 Å². The van der Waals surface area contributed by atoms with Crippen LogP contribution in [0.2, 0.25) is 0 Å². The molecule has 66 valence electrons. The number of carbonyl (C=O) groups is 2. The van der Waals surface area contributed by atoms with Gasteiger partial charge in [-0.3, -0.25) is 9.59 Å².